The highest BCUT2D eigenvalue weighted by atomic mass is 16.5. The van der Waals surface area contributed by atoms with Crippen LogP contribution in [0.1, 0.15) is 24.0 Å². The van der Waals surface area contributed by atoms with Crippen molar-refractivity contribution in [1.29, 1.82) is 0 Å². The van der Waals surface area contributed by atoms with Gasteiger partial charge in [-0.2, -0.15) is 0 Å². The van der Waals surface area contributed by atoms with E-state index in [1.165, 1.54) is 5.56 Å². The molecule has 1 N–H and O–H groups in total. The first kappa shape index (κ1) is 12.2. The maximum atomic E-state index is 4.97. The minimum absolute atomic E-state index is 0.530. The number of benzene rings is 1. The molecule has 0 aliphatic rings. The van der Waals surface area contributed by atoms with Crippen LogP contribution in [-0.2, 0) is 4.74 Å². The lowest BCUT2D eigenvalue weighted by molar-refractivity contribution is 0.199. The van der Waals surface area contributed by atoms with E-state index in [4.69, 9.17) is 4.74 Å². The van der Waals surface area contributed by atoms with E-state index >= 15 is 0 Å². The van der Waals surface area contributed by atoms with Gasteiger partial charge in [0.25, 0.3) is 0 Å². The third-order valence-electron chi connectivity index (χ3n) is 2.48. The Morgan fingerprint density at radius 3 is 2.60 bits per heavy atom. The van der Waals surface area contributed by atoms with E-state index in [9.17, 15) is 0 Å². The predicted octanol–water partition coefficient (Wildman–Crippen LogP) is 2.21. The van der Waals surface area contributed by atoms with Crippen LogP contribution in [0.15, 0.2) is 24.3 Å². The van der Waals surface area contributed by atoms with Crippen molar-refractivity contribution in [1.82, 2.24) is 5.32 Å². The van der Waals surface area contributed by atoms with Crippen LogP contribution in [0.4, 0.5) is 0 Å². The summed E-state index contributed by atoms with van der Waals surface area (Å²) >= 11 is 0. The molecular formula is C13H20NO. The Kier molecular flexibility index (Phi) is 5.37. The van der Waals surface area contributed by atoms with Crippen LogP contribution in [0.25, 0.3) is 0 Å². The van der Waals surface area contributed by atoms with Crippen LogP contribution in [-0.4, -0.2) is 26.8 Å². The maximum Gasteiger partial charge on any atom is 0.0587 e. The molecule has 0 bridgehead atoms. The number of hydrogen-bond donors (Lipinski definition) is 1. The van der Waals surface area contributed by atoms with Gasteiger partial charge in [-0.25, -0.2) is 0 Å². The lowest BCUT2D eigenvalue weighted by atomic mass is 10.0. The molecule has 0 saturated carbocycles. The summed E-state index contributed by atoms with van der Waals surface area (Å²) in [5.41, 5.74) is 2.42. The van der Waals surface area contributed by atoms with Crippen molar-refractivity contribution >= 4 is 0 Å². The van der Waals surface area contributed by atoms with Gasteiger partial charge in [-0.1, -0.05) is 31.2 Å². The molecule has 0 heterocycles. The first-order valence-electron chi connectivity index (χ1n) is 5.35. The fourth-order valence-corrected chi connectivity index (χ4v) is 1.46. The first-order chi connectivity index (χ1) is 7.24. The van der Waals surface area contributed by atoms with E-state index in [-0.39, 0.29) is 0 Å². The highest BCUT2D eigenvalue weighted by Gasteiger charge is 2.03. The van der Waals surface area contributed by atoms with E-state index in [1.54, 1.807) is 7.11 Å². The van der Waals surface area contributed by atoms with Crippen molar-refractivity contribution in [2.45, 2.75) is 12.8 Å². The summed E-state index contributed by atoms with van der Waals surface area (Å²) in [6, 6.07) is 8.40. The second-order valence-electron chi connectivity index (χ2n) is 3.84. The monoisotopic (exact) mass is 206 g/mol. The average Bonchev–Trinajstić information content (AvgIpc) is 2.25. The SMILES string of the molecule is [CH2]c1ccc(C(C)CNCCOC)cc1. The molecule has 83 valence electrons. The summed E-state index contributed by atoms with van der Waals surface area (Å²) in [6.07, 6.45) is 0. The predicted molar refractivity (Wildman–Crippen MR) is 64.1 cm³/mol. The molecule has 1 atom stereocenters. The topological polar surface area (TPSA) is 21.3 Å². The van der Waals surface area contributed by atoms with Gasteiger partial charge in [-0.05, 0) is 24.0 Å². The van der Waals surface area contributed by atoms with Gasteiger partial charge in [0.05, 0.1) is 6.61 Å². The van der Waals surface area contributed by atoms with Crippen LogP contribution < -0.4 is 5.32 Å². The summed E-state index contributed by atoms with van der Waals surface area (Å²) < 4.78 is 4.97. The lowest BCUT2D eigenvalue weighted by Gasteiger charge is -2.13. The van der Waals surface area contributed by atoms with E-state index in [0.717, 1.165) is 25.3 Å². The van der Waals surface area contributed by atoms with E-state index in [2.05, 4.69) is 43.4 Å². The van der Waals surface area contributed by atoms with Crippen molar-refractivity contribution in [3.8, 4) is 0 Å². The quantitative estimate of drug-likeness (QED) is 0.721. The third kappa shape index (κ3) is 4.45. The molecule has 0 aromatic heterocycles. The Morgan fingerprint density at radius 2 is 2.00 bits per heavy atom. The third-order valence-corrected chi connectivity index (χ3v) is 2.48. The zero-order valence-corrected chi connectivity index (χ0v) is 9.62. The van der Waals surface area contributed by atoms with E-state index < -0.39 is 0 Å². The van der Waals surface area contributed by atoms with Gasteiger partial charge in [0.1, 0.15) is 0 Å². The second-order valence-corrected chi connectivity index (χ2v) is 3.84. The van der Waals surface area contributed by atoms with Gasteiger partial charge < -0.3 is 10.1 Å². The Morgan fingerprint density at radius 1 is 1.33 bits per heavy atom. The van der Waals surface area contributed by atoms with Gasteiger partial charge >= 0.3 is 0 Å². The summed E-state index contributed by atoms with van der Waals surface area (Å²) in [4.78, 5) is 0. The molecule has 1 radical (unpaired) electrons. The molecule has 0 amide bonds. The lowest BCUT2D eigenvalue weighted by Crippen LogP contribution is -2.23. The maximum absolute atomic E-state index is 4.97. The van der Waals surface area contributed by atoms with Crippen LogP contribution in [0.2, 0.25) is 0 Å². The van der Waals surface area contributed by atoms with E-state index in [0.29, 0.717) is 5.92 Å². The average molecular weight is 206 g/mol. The summed E-state index contributed by atoms with van der Waals surface area (Å²) in [7, 11) is 1.72. The number of ether oxygens (including phenoxy) is 1. The van der Waals surface area contributed by atoms with Crippen molar-refractivity contribution in [2.24, 2.45) is 0 Å². The Bertz CT molecular complexity index is 268. The minimum Gasteiger partial charge on any atom is -0.383 e. The molecule has 1 rings (SSSR count). The molecule has 2 heteroatoms. The van der Waals surface area contributed by atoms with Crippen LogP contribution in [0, 0.1) is 6.92 Å². The molecule has 15 heavy (non-hydrogen) atoms. The van der Waals surface area contributed by atoms with Crippen molar-refractivity contribution < 1.29 is 4.74 Å². The molecule has 1 aromatic carbocycles. The highest BCUT2D eigenvalue weighted by Crippen LogP contribution is 2.14. The molecule has 0 spiro atoms. The van der Waals surface area contributed by atoms with Crippen LogP contribution in [0.5, 0.6) is 0 Å². The second kappa shape index (κ2) is 6.59. The number of nitrogens with one attached hydrogen (secondary N) is 1. The fourth-order valence-electron chi connectivity index (χ4n) is 1.46. The Labute approximate surface area is 92.6 Å². The molecular weight excluding hydrogens is 186 g/mol. The number of rotatable bonds is 6. The number of methoxy groups -OCH3 is 1. The highest BCUT2D eigenvalue weighted by molar-refractivity contribution is 5.26. The van der Waals surface area contributed by atoms with Crippen molar-refractivity contribution in [2.75, 3.05) is 26.8 Å². The molecule has 0 fully saturated rings. The summed E-state index contributed by atoms with van der Waals surface area (Å²) in [6.45, 7) is 8.76. The van der Waals surface area contributed by atoms with Gasteiger partial charge in [0.15, 0.2) is 0 Å². The van der Waals surface area contributed by atoms with Crippen molar-refractivity contribution in [3.05, 3.63) is 42.3 Å². The van der Waals surface area contributed by atoms with E-state index in [1.807, 2.05) is 0 Å². The van der Waals surface area contributed by atoms with Crippen LogP contribution in [0.3, 0.4) is 0 Å². The van der Waals surface area contributed by atoms with Crippen LogP contribution >= 0.6 is 0 Å². The molecule has 0 saturated heterocycles. The molecule has 1 unspecified atom stereocenters. The minimum atomic E-state index is 0.530. The normalized spacial score (nSPS) is 12.7. The van der Waals surface area contributed by atoms with Gasteiger partial charge in [0, 0.05) is 20.2 Å². The standard InChI is InChI=1S/C13H20NO/c1-11-4-6-13(7-5-11)12(2)10-14-8-9-15-3/h4-7,12,14H,1,8-10H2,2-3H3. The van der Waals surface area contributed by atoms with Gasteiger partial charge in [0.2, 0.25) is 0 Å². The number of hydrogen-bond acceptors (Lipinski definition) is 2. The largest absolute Gasteiger partial charge is 0.383 e. The Hall–Kier alpha value is -0.860. The Balaban J connectivity index is 2.33. The van der Waals surface area contributed by atoms with Crippen molar-refractivity contribution in [3.63, 3.8) is 0 Å². The molecule has 1 aromatic rings. The molecule has 0 aliphatic carbocycles. The zero-order valence-electron chi connectivity index (χ0n) is 9.62. The summed E-state index contributed by atoms with van der Waals surface area (Å²) in [5, 5.41) is 3.36. The molecule has 2 nitrogen and oxygen atoms in total. The fraction of sp³-hybridized carbons (Fsp3) is 0.462. The first-order valence-corrected chi connectivity index (χ1v) is 5.35. The summed E-state index contributed by atoms with van der Waals surface area (Å²) in [5.74, 6) is 0.530. The van der Waals surface area contributed by atoms with Gasteiger partial charge in [-0.3, -0.25) is 0 Å². The van der Waals surface area contributed by atoms with Gasteiger partial charge in [-0.15, -0.1) is 0 Å². The smallest absolute Gasteiger partial charge is 0.0587 e. The molecule has 0 aliphatic heterocycles. The zero-order chi connectivity index (χ0) is 11.1.